The van der Waals surface area contributed by atoms with Gasteiger partial charge >= 0.3 is 0 Å². The van der Waals surface area contributed by atoms with Gasteiger partial charge in [0.25, 0.3) is 0 Å². The molecule has 134 valence electrons. The van der Waals surface area contributed by atoms with Gasteiger partial charge in [0, 0.05) is 11.4 Å². The number of rotatable bonds is 5. The molecule has 26 heavy (non-hydrogen) atoms. The monoisotopic (exact) mass is 352 g/mol. The van der Waals surface area contributed by atoms with Gasteiger partial charge in [-0.15, -0.1) is 0 Å². The lowest BCUT2D eigenvalue weighted by Crippen LogP contribution is -2.32. The molecule has 2 aromatic rings. The van der Waals surface area contributed by atoms with Crippen molar-refractivity contribution in [3.05, 3.63) is 36.9 Å². The van der Waals surface area contributed by atoms with Crippen LogP contribution in [0.2, 0.25) is 0 Å². The lowest BCUT2D eigenvalue weighted by atomic mass is 9.87. The number of benzene rings is 1. The second-order valence-electron chi connectivity index (χ2n) is 6.47. The molecule has 2 N–H and O–H groups in total. The minimum atomic E-state index is -0.917. The van der Waals surface area contributed by atoms with Crippen molar-refractivity contribution >= 4 is 23.2 Å². The number of anilines is 2. The summed E-state index contributed by atoms with van der Waals surface area (Å²) in [5.74, 6) is -0.476. The van der Waals surface area contributed by atoms with Crippen molar-refractivity contribution in [1.82, 2.24) is 14.8 Å². The van der Waals surface area contributed by atoms with Gasteiger partial charge in [-0.3, -0.25) is 9.59 Å². The molecule has 1 fully saturated rings. The summed E-state index contributed by atoms with van der Waals surface area (Å²) in [7, 11) is 0. The number of carbonyl (C=O) groups excluding carboxylic acids is 2. The summed E-state index contributed by atoms with van der Waals surface area (Å²) in [6, 6.07) is 8.50. The molecule has 0 saturated heterocycles. The summed E-state index contributed by atoms with van der Waals surface area (Å²) in [4.78, 5) is 28.5. The maximum atomic E-state index is 12.4. The van der Waals surface area contributed by atoms with Gasteiger partial charge in [0.15, 0.2) is 0 Å². The number of nitrogens with one attached hydrogen (secondary N) is 2. The predicted octanol–water partition coefficient (Wildman–Crippen LogP) is 2.50. The van der Waals surface area contributed by atoms with E-state index in [9.17, 15) is 14.9 Å². The number of amides is 2. The van der Waals surface area contributed by atoms with Crippen molar-refractivity contribution in [2.24, 2.45) is 5.41 Å². The average Bonchev–Trinajstić information content (AvgIpc) is 3.35. The van der Waals surface area contributed by atoms with Crippen LogP contribution in [0.25, 0.3) is 0 Å². The van der Waals surface area contributed by atoms with Gasteiger partial charge in [-0.1, -0.05) is 12.8 Å². The Bertz CT molecular complexity index is 816. The van der Waals surface area contributed by atoms with Crippen LogP contribution in [0, 0.1) is 16.7 Å². The van der Waals surface area contributed by atoms with Gasteiger partial charge in [-0.2, -0.15) is 10.4 Å². The van der Waals surface area contributed by atoms with Gasteiger partial charge in [0.2, 0.25) is 11.8 Å². The third kappa shape index (κ3) is 3.57. The lowest BCUT2D eigenvalue weighted by molar-refractivity contribution is -0.122. The van der Waals surface area contributed by atoms with Crippen LogP contribution >= 0.6 is 0 Å². The smallest absolute Gasteiger partial charge is 0.249 e. The van der Waals surface area contributed by atoms with E-state index in [1.54, 1.807) is 31.2 Å². The molecule has 1 saturated carbocycles. The maximum Gasteiger partial charge on any atom is 0.249 e. The van der Waals surface area contributed by atoms with E-state index in [2.05, 4.69) is 26.8 Å². The molecule has 0 spiro atoms. The van der Waals surface area contributed by atoms with Crippen LogP contribution in [0.3, 0.4) is 0 Å². The Hall–Kier alpha value is -3.21. The zero-order valence-electron chi connectivity index (χ0n) is 14.5. The molecule has 1 aromatic heterocycles. The van der Waals surface area contributed by atoms with Crippen LogP contribution in [-0.4, -0.2) is 26.6 Å². The number of hydrogen-bond acceptors (Lipinski definition) is 5. The molecule has 1 aliphatic carbocycles. The Morgan fingerprint density at radius 3 is 2.35 bits per heavy atom. The van der Waals surface area contributed by atoms with Crippen molar-refractivity contribution in [2.75, 3.05) is 10.6 Å². The number of nitriles is 1. The van der Waals surface area contributed by atoms with Crippen molar-refractivity contribution in [1.29, 1.82) is 5.26 Å². The van der Waals surface area contributed by atoms with Gasteiger partial charge in [0.1, 0.15) is 24.1 Å². The normalized spacial score (nSPS) is 16.5. The molecule has 8 nitrogen and oxygen atoms in total. The Balaban J connectivity index is 1.61. The average molecular weight is 352 g/mol. The Morgan fingerprint density at radius 2 is 1.81 bits per heavy atom. The summed E-state index contributed by atoms with van der Waals surface area (Å²) in [5, 5.41) is 18.9. The van der Waals surface area contributed by atoms with Crippen LogP contribution in [0.5, 0.6) is 0 Å². The van der Waals surface area contributed by atoms with Gasteiger partial charge in [0.05, 0.1) is 6.07 Å². The molecule has 1 atom stereocenters. The molecule has 0 bridgehead atoms. The summed E-state index contributed by atoms with van der Waals surface area (Å²) >= 11 is 0. The highest BCUT2D eigenvalue weighted by atomic mass is 16.2. The highest BCUT2D eigenvalue weighted by Gasteiger charge is 2.41. The first-order valence-electron chi connectivity index (χ1n) is 8.52. The Labute approximate surface area is 151 Å². The van der Waals surface area contributed by atoms with E-state index in [0.717, 1.165) is 12.8 Å². The quantitative estimate of drug-likeness (QED) is 0.858. The molecule has 1 heterocycles. The fourth-order valence-corrected chi connectivity index (χ4v) is 3.04. The zero-order chi connectivity index (χ0) is 18.6. The van der Waals surface area contributed by atoms with Crippen LogP contribution in [-0.2, 0) is 9.59 Å². The van der Waals surface area contributed by atoms with E-state index in [1.807, 2.05) is 0 Å². The van der Waals surface area contributed by atoms with E-state index < -0.39 is 11.5 Å². The first-order valence-corrected chi connectivity index (χ1v) is 8.52. The Morgan fingerprint density at radius 1 is 1.19 bits per heavy atom. The standard InChI is InChI=1S/C18H20N6O2/c1-13(24-12-20-11-21-24)16(25)22-14-4-6-15(7-5-14)23-17(26)18(10-19)8-2-3-9-18/h4-7,11-13H,2-3,8-9H2,1H3,(H,22,25)(H,23,26)/t13-/m0/s1. The molecule has 3 rings (SSSR count). The topological polar surface area (TPSA) is 113 Å². The fraction of sp³-hybridized carbons (Fsp3) is 0.389. The van der Waals surface area contributed by atoms with Gasteiger partial charge < -0.3 is 10.6 Å². The number of hydrogen-bond donors (Lipinski definition) is 2. The van der Waals surface area contributed by atoms with Gasteiger partial charge in [-0.25, -0.2) is 9.67 Å². The third-order valence-electron chi connectivity index (χ3n) is 4.73. The molecular weight excluding hydrogens is 332 g/mol. The maximum absolute atomic E-state index is 12.4. The lowest BCUT2D eigenvalue weighted by Gasteiger charge is -2.19. The minimum Gasteiger partial charge on any atom is -0.325 e. The molecule has 0 unspecified atom stereocenters. The van der Waals surface area contributed by atoms with E-state index >= 15 is 0 Å². The zero-order valence-corrected chi connectivity index (χ0v) is 14.5. The van der Waals surface area contributed by atoms with E-state index in [-0.39, 0.29) is 11.8 Å². The van der Waals surface area contributed by atoms with E-state index in [0.29, 0.717) is 24.2 Å². The third-order valence-corrected chi connectivity index (χ3v) is 4.73. The molecule has 8 heteroatoms. The molecule has 0 radical (unpaired) electrons. The number of nitrogens with zero attached hydrogens (tertiary/aromatic N) is 4. The predicted molar refractivity (Wildman–Crippen MR) is 94.9 cm³/mol. The minimum absolute atomic E-state index is 0.221. The molecule has 1 aliphatic rings. The highest BCUT2D eigenvalue weighted by Crippen LogP contribution is 2.38. The number of aromatic nitrogens is 3. The first-order chi connectivity index (χ1) is 12.5. The molecule has 2 amide bonds. The van der Waals surface area contributed by atoms with Crippen LogP contribution < -0.4 is 10.6 Å². The summed E-state index contributed by atoms with van der Waals surface area (Å²) in [6.45, 7) is 1.72. The first kappa shape index (κ1) is 17.6. The summed E-state index contributed by atoms with van der Waals surface area (Å²) in [5.41, 5.74) is 0.287. The fourth-order valence-electron chi connectivity index (χ4n) is 3.04. The highest BCUT2D eigenvalue weighted by molar-refractivity contribution is 5.98. The van der Waals surface area contributed by atoms with E-state index in [1.165, 1.54) is 17.3 Å². The largest absolute Gasteiger partial charge is 0.325 e. The van der Waals surface area contributed by atoms with Crippen molar-refractivity contribution < 1.29 is 9.59 Å². The molecule has 0 aliphatic heterocycles. The molecular formula is C18H20N6O2. The van der Waals surface area contributed by atoms with Crippen LogP contribution in [0.4, 0.5) is 11.4 Å². The van der Waals surface area contributed by atoms with Crippen molar-refractivity contribution in [3.63, 3.8) is 0 Å². The second-order valence-corrected chi connectivity index (χ2v) is 6.47. The number of carbonyl (C=O) groups is 2. The van der Waals surface area contributed by atoms with Crippen LogP contribution in [0.1, 0.15) is 38.6 Å². The summed E-state index contributed by atoms with van der Waals surface area (Å²) in [6.07, 6.45) is 5.86. The SMILES string of the molecule is C[C@@H](C(=O)Nc1ccc(NC(=O)C2(C#N)CCCC2)cc1)n1cncn1. The van der Waals surface area contributed by atoms with Crippen molar-refractivity contribution in [2.45, 2.75) is 38.6 Å². The van der Waals surface area contributed by atoms with Gasteiger partial charge in [-0.05, 0) is 44.0 Å². The second kappa shape index (κ2) is 7.35. The van der Waals surface area contributed by atoms with Crippen LogP contribution in [0.15, 0.2) is 36.9 Å². The summed E-state index contributed by atoms with van der Waals surface area (Å²) < 4.78 is 1.47. The molecule has 1 aromatic carbocycles. The van der Waals surface area contributed by atoms with E-state index in [4.69, 9.17) is 0 Å². The Kier molecular flexibility index (Phi) is 4.98. The van der Waals surface area contributed by atoms with Crippen molar-refractivity contribution in [3.8, 4) is 6.07 Å².